The highest BCUT2D eigenvalue weighted by molar-refractivity contribution is 4.78. The van der Waals surface area contributed by atoms with Crippen LogP contribution in [-0.2, 0) is 0 Å². The van der Waals surface area contributed by atoms with Gasteiger partial charge in [0.2, 0.25) is 0 Å². The molecule has 2 rings (SSSR count). The van der Waals surface area contributed by atoms with E-state index in [0.717, 1.165) is 12.1 Å². The van der Waals surface area contributed by atoms with Gasteiger partial charge in [-0.25, -0.2) is 0 Å². The molecule has 2 nitrogen and oxygen atoms in total. The average Bonchev–Trinajstić information content (AvgIpc) is 3.32. The summed E-state index contributed by atoms with van der Waals surface area (Å²) >= 11 is 0. The number of likely N-dealkylation sites (tertiary alicyclic amines) is 2. The minimum absolute atomic E-state index is 0. The second-order valence-corrected chi connectivity index (χ2v) is 8.98. The van der Waals surface area contributed by atoms with Crippen LogP contribution in [0.4, 0.5) is 9.41 Å². The van der Waals surface area contributed by atoms with E-state index in [2.05, 4.69) is 37.5 Å². The highest BCUT2D eigenvalue weighted by Gasteiger charge is 2.22. The SMILES string of the molecule is CCCCCCN1CCCC1CC.CCCCCCN1CCCC1CCC.F.F. The zero-order valence-electron chi connectivity index (χ0n) is 20.3. The van der Waals surface area contributed by atoms with Gasteiger partial charge in [0, 0.05) is 12.1 Å². The second-order valence-electron chi connectivity index (χ2n) is 8.98. The predicted molar refractivity (Wildman–Crippen MR) is 128 cm³/mol. The average molecular weight is 421 g/mol. The Labute approximate surface area is 181 Å². The maximum Gasteiger partial charge on any atom is 0.00956 e. The standard InChI is InChI=1S/C13H27N.C12H25N.2FH/c1-3-5-6-7-11-14-12-8-10-13(14)9-4-2;1-3-5-6-7-10-13-11-8-9-12(13)4-2;;/h13H,3-12H2,1-2H3;12H,3-11H2,1-2H3;2*1H. The molecule has 2 saturated heterocycles. The van der Waals surface area contributed by atoms with Gasteiger partial charge >= 0.3 is 0 Å². The maximum atomic E-state index is 2.74. The molecule has 0 aromatic heterocycles. The molecule has 0 bridgehead atoms. The Kier molecular flexibility index (Phi) is 22.5. The van der Waals surface area contributed by atoms with Crippen molar-refractivity contribution in [1.29, 1.82) is 0 Å². The molecule has 0 aliphatic carbocycles. The van der Waals surface area contributed by atoms with Gasteiger partial charge in [-0.2, -0.15) is 0 Å². The van der Waals surface area contributed by atoms with Crippen molar-refractivity contribution in [1.82, 2.24) is 9.80 Å². The highest BCUT2D eigenvalue weighted by atomic mass is 19.0. The third-order valence-electron chi connectivity index (χ3n) is 6.69. The Hall–Kier alpha value is -0.220. The van der Waals surface area contributed by atoms with E-state index in [4.69, 9.17) is 0 Å². The van der Waals surface area contributed by atoms with Gasteiger partial charge in [-0.3, -0.25) is 9.41 Å². The van der Waals surface area contributed by atoms with Crippen LogP contribution < -0.4 is 0 Å². The molecule has 0 aromatic rings. The number of rotatable bonds is 13. The van der Waals surface area contributed by atoms with E-state index < -0.39 is 0 Å². The van der Waals surface area contributed by atoms with Crippen LogP contribution >= 0.6 is 0 Å². The van der Waals surface area contributed by atoms with Crippen molar-refractivity contribution in [2.75, 3.05) is 26.2 Å². The van der Waals surface area contributed by atoms with Crippen molar-refractivity contribution >= 4 is 0 Å². The van der Waals surface area contributed by atoms with Crippen molar-refractivity contribution in [2.24, 2.45) is 0 Å². The smallest absolute Gasteiger partial charge is 0.00956 e. The lowest BCUT2D eigenvalue weighted by atomic mass is 10.1. The molecule has 0 N–H and O–H groups in total. The van der Waals surface area contributed by atoms with Gasteiger partial charge in [-0.1, -0.05) is 72.6 Å². The summed E-state index contributed by atoms with van der Waals surface area (Å²) in [6.07, 6.45) is 21.2. The topological polar surface area (TPSA) is 6.48 Å². The molecule has 0 amide bonds. The first-order chi connectivity index (χ1) is 13.3. The van der Waals surface area contributed by atoms with Crippen molar-refractivity contribution < 1.29 is 9.41 Å². The second kappa shape index (κ2) is 21.0. The lowest BCUT2D eigenvalue weighted by molar-refractivity contribution is 0.236. The van der Waals surface area contributed by atoms with Crippen LogP contribution in [0.5, 0.6) is 0 Å². The summed E-state index contributed by atoms with van der Waals surface area (Å²) in [7, 11) is 0. The first kappa shape index (κ1) is 31.0. The Morgan fingerprint density at radius 3 is 1.52 bits per heavy atom. The predicted octanol–water partition coefficient (Wildman–Crippen LogP) is 7.58. The fraction of sp³-hybridized carbons (Fsp3) is 1.00. The van der Waals surface area contributed by atoms with Crippen molar-refractivity contribution in [3.8, 4) is 0 Å². The summed E-state index contributed by atoms with van der Waals surface area (Å²) in [6.45, 7) is 14.7. The zero-order chi connectivity index (χ0) is 19.7. The van der Waals surface area contributed by atoms with Crippen LogP contribution in [0.3, 0.4) is 0 Å². The van der Waals surface area contributed by atoms with Crippen LogP contribution in [-0.4, -0.2) is 48.1 Å². The molecule has 2 atom stereocenters. The minimum Gasteiger partial charge on any atom is -0.300 e. The molecule has 0 saturated carbocycles. The van der Waals surface area contributed by atoms with E-state index in [1.807, 2.05) is 0 Å². The van der Waals surface area contributed by atoms with Gasteiger partial charge in [-0.05, 0) is 77.5 Å². The van der Waals surface area contributed by atoms with Gasteiger partial charge in [0.25, 0.3) is 0 Å². The molecule has 0 aromatic carbocycles. The van der Waals surface area contributed by atoms with E-state index in [1.165, 1.54) is 122 Å². The van der Waals surface area contributed by atoms with E-state index in [1.54, 1.807) is 0 Å². The number of hydrogen-bond acceptors (Lipinski definition) is 2. The first-order valence-electron chi connectivity index (χ1n) is 12.7. The van der Waals surface area contributed by atoms with Crippen molar-refractivity contribution in [2.45, 2.75) is 136 Å². The normalized spacial score (nSPS) is 21.9. The van der Waals surface area contributed by atoms with Gasteiger partial charge in [0.1, 0.15) is 0 Å². The van der Waals surface area contributed by atoms with E-state index in [9.17, 15) is 0 Å². The third kappa shape index (κ3) is 13.6. The number of halogens is 2. The van der Waals surface area contributed by atoms with Crippen LogP contribution in [0.15, 0.2) is 0 Å². The molecular formula is C25H54F2N2. The van der Waals surface area contributed by atoms with Gasteiger partial charge < -0.3 is 9.80 Å². The summed E-state index contributed by atoms with van der Waals surface area (Å²) in [4.78, 5) is 5.44. The molecule has 4 heteroatoms. The maximum absolute atomic E-state index is 2.74. The Bertz CT molecular complexity index is 328. The first-order valence-corrected chi connectivity index (χ1v) is 12.7. The fourth-order valence-corrected chi connectivity index (χ4v) is 4.98. The van der Waals surface area contributed by atoms with Gasteiger partial charge in [0.15, 0.2) is 0 Å². The number of hydrogen-bond donors (Lipinski definition) is 0. The molecule has 0 spiro atoms. The summed E-state index contributed by atoms with van der Waals surface area (Å²) in [5.41, 5.74) is 0. The molecule has 2 unspecified atom stereocenters. The van der Waals surface area contributed by atoms with E-state index in [-0.39, 0.29) is 9.41 Å². The number of nitrogens with zero attached hydrogens (tertiary/aromatic N) is 2. The lowest BCUT2D eigenvalue weighted by Gasteiger charge is -2.23. The summed E-state index contributed by atoms with van der Waals surface area (Å²) in [5, 5.41) is 0. The summed E-state index contributed by atoms with van der Waals surface area (Å²) in [6, 6.07) is 1.85. The summed E-state index contributed by atoms with van der Waals surface area (Å²) < 4.78 is 0. The molecule has 2 heterocycles. The third-order valence-corrected chi connectivity index (χ3v) is 6.69. The van der Waals surface area contributed by atoms with Crippen molar-refractivity contribution in [3.05, 3.63) is 0 Å². The molecule has 2 aliphatic rings. The van der Waals surface area contributed by atoms with Crippen LogP contribution in [0.1, 0.15) is 124 Å². The molecular weight excluding hydrogens is 366 g/mol. The zero-order valence-corrected chi connectivity index (χ0v) is 20.3. The molecule has 178 valence electrons. The number of unbranched alkanes of at least 4 members (excludes halogenated alkanes) is 6. The quantitative estimate of drug-likeness (QED) is 0.283. The van der Waals surface area contributed by atoms with E-state index in [0.29, 0.717) is 0 Å². The summed E-state index contributed by atoms with van der Waals surface area (Å²) in [5.74, 6) is 0. The molecule has 2 fully saturated rings. The van der Waals surface area contributed by atoms with Crippen LogP contribution in [0.25, 0.3) is 0 Å². The van der Waals surface area contributed by atoms with Gasteiger partial charge in [0.05, 0.1) is 0 Å². The van der Waals surface area contributed by atoms with Crippen molar-refractivity contribution in [3.63, 3.8) is 0 Å². The Balaban J connectivity index is 0. The molecule has 2 aliphatic heterocycles. The monoisotopic (exact) mass is 420 g/mol. The minimum atomic E-state index is 0. The Morgan fingerprint density at radius 2 is 1.07 bits per heavy atom. The molecule has 0 radical (unpaired) electrons. The largest absolute Gasteiger partial charge is 0.300 e. The van der Waals surface area contributed by atoms with Crippen LogP contribution in [0.2, 0.25) is 0 Å². The fourth-order valence-electron chi connectivity index (χ4n) is 4.98. The van der Waals surface area contributed by atoms with Gasteiger partial charge in [-0.15, -0.1) is 0 Å². The van der Waals surface area contributed by atoms with Crippen LogP contribution in [0, 0.1) is 0 Å². The van der Waals surface area contributed by atoms with E-state index >= 15 is 0 Å². The Morgan fingerprint density at radius 1 is 0.586 bits per heavy atom. The highest BCUT2D eigenvalue weighted by Crippen LogP contribution is 2.22. The molecule has 29 heavy (non-hydrogen) atoms. The lowest BCUT2D eigenvalue weighted by Crippen LogP contribution is -2.30.